The molecule has 1 aromatic rings. The van der Waals surface area contributed by atoms with Gasteiger partial charge in [-0.25, -0.2) is 4.98 Å². The molecular formula is C11H17N5O2. The first-order valence-electron chi connectivity index (χ1n) is 5.89. The summed E-state index contributed by atoms with van der Waals surface area (Å²) < 4.78 is 1.92. The van der Waals surface area contributed by atoms with Gasteiger partial charge in [-0.05, 0) is 6.42 Å². The number of aryl methyl sites for hydroxylation is 1. The average Bonchev–Trinajstić information content (AvgIpc) is 2.81. The van der Waals surface area contributed by atoms with Crippen molar-refractivity contribution in [2.24, 2.45) is 0 Å². The zero-order valence-electron chi connectivity index (χ0n) is 10.6. The zero-order valence-corrected chi connectivity index (χ0v) is 10.6. The van der Waals surface area contributed by atoms with Crippen molar-refractivity contribution < 1.29 is 9.59 Å². The number of anilines is 1. The molecule has 18 heavy (non-hydrogen) atoms. The molecule has 0 saturated heterocycles. The maximum Gasteiger partial charge on any atom is 0.274 e. The quantitative estimate of drug-likeness (QED) is 0.760. The van der Waals surface area contributed by atoms with Gasteiger partial charge < -0.3 is 20.1 Å². The van der Waals surface area contributed by atoms with E-state index in [0.29, 0.717) is 5.69 Å². The zero-order chi connectivity index (χ0) is 13.1. The Morgan fingerprint density at radius 3 is 3.06 bits per heavy atom. The van der Waals surface area contributed by atoms with E-state index in [1.54, 1.807) is 20.3 Å². The van der Waals surface area contributed by atoms with Crippen LogP contribution in [0.25, 0.3) is 0 Å². The van der Waals surface area contributed by atoms with Crippen LogP contribution in [0.4, 0.5) is 5.95 Å². The van der Waals surface area contributed by atoms with Gasteiger partial charge in [0.15, 0.2) is 0 Å². The molecule has 2 rings (SSSR count). The van der Waals surface area contributed by atoms with Crippen LogP contribution < -0.4 is 10.6 Å². The Hall–Kier alpha value is -2.05. The summed E-state index contributed by atoms with van der Waals surface area (Å²) in [4.78, 5) is 28.9. The lowest BCUT2D eigenvalue weighted by atomic mass is 10.3. The molecule has 0 saturated carbocycles. The van der Waals surface area contributed by atoms with Crippen molar-refractivity contribution in [1.82, 2.24) is 19.8 Å². The lowest BCUT2D eigenvalue weighted by Crippen LogP contribution is -2.37. The third-order valence-electron chi connectivity index (χ3n) is 2.86. The second-order valence-electron chi connectivity index (χ2n) is 4.26. The first-order valence-corrected chi connectivity index (χ1v) is 5.89. The fourth-order valence-electron chi connectivity index (χ4n) is 1.84. The number of hydrogen-bond acceptors (Lipinski definition) is 4. The molecular weight excluding hydrogens is 234 g/mol. The van der Waals surface area contributed by atoms with Gasteiger partial charge in [-0.1, -0.05) is 0 Å². The maximum atomic E-state index is 12.1. The molecule has 0 atom stereocenters. The van der Waals surface area contributed by atoms with Gasteiger partial charge in [0.25, 0.3) is 5.91 Å². The highest BCUT2D eigenvalue weighted by Crippen LogP contribution is 2.14. The number of aromatic nitrogens is 2. The van der Waals surface area contributed by atoms with Gasteiger partial charge in [0, 0.05) is 33.4 Å². The molecule has 0 bridgehead atoms. The van der Waals surface area contributed by atoms with E-state index in [-0.39, 0.29) is 18.4 Å². The van der Waals surface area contributed by atoms with Crippen molar-refractivity contribution in [3.63, 3.8) is 0 Å². The topological polar surface area (TPSA) is 79.3 Å². The molecule has 1 aliphatic rings. The van der Waals surface area contributed by atoms with Crippen LogP contribution in [-0.2, 0) is 11.3 Å². The second kappa shape index (κ2) is 5.07. The van der Waals surface area contributed by atoms with Gasteiger partial charge in [-0.2, -0.15) is 0 Å². The van der Waals surface area contributed by atoms with Gasteiger partial charge in [-0.3, -0.25) is 9.59 Å². The van der Waals surface area contributed by atoms with Crippen molar-refractivity contribution in [3.8, 4) is 0 Å². The van der Waals surface area contributed by atoms with E-state index in [9.17, 15) is 9.59 Å². The first kappa shape index (κ1) is 12.4. The molecule has 0 aromatic carbocycles. The van der Waals surface area contributed by atoms with E-state index in [2.05, 4.69) is 15.6 Å². The smallest absolute Gasteiger partial charge is 0.274 e. The molecule has 0 spiro atoms. The van der Waals surface area contributed by atoms with Crippen LogP contribution in [-0.4, -0.2) is 53.5 Å². The number of carbonyl (C=O) groups excluding carboxylic acids is 2. The monoisotopic (exact) mass is 251 g/mol. The number of imidazole rings is 1. The molecule has 0 unspecified atom stereocenters. The summed E-state index contributed by atoms with van der Waals surface area (Å²) >= 11 is 0. The molecule has 2 amide bonds. The van der Waals surface area contributed by atoms with Crippen LogP contribution in [0, 0.1) is 0 Å². The summed E-state index contributed by atoms with van der Waals surface area (Å²) in [7, 11) is 3.13. The summed E-state index contributed by atoms with van der Waals surface area (Å²) in [6.45, 7) is 1.77. The van der Waals surface area contributed by atoms with Crippen molar-refractivity contribution in [2.45, 2.75) is 13.0 Å². The number of hydrogen-bond donors (Lipinski definition) is 2. The highest BCUT2D eigenvalue weighted by atomic mass is 16.2. The predicted octanol–water partition coefficient (Wildman–Crippen LogP) is -0.483. The van der Waals surface area contributed by atoms with Gasteiger partial charge in [0.05, 0.1) is 6.54 Å². The van der Waals surface area contributed by atoms with Gasteiger partial charge in [0.2, 0.25) is 11.9 Å². The molecule has 0 radical (unpaired) electrons. The van der Waals surface area contributed by atoms with Crippen LogP contribution >= 0.6 is 0 Å². The fraction of sp³-hybridized carbons (Fsp3) is 0.545. The molecule has 1 aromatic heterocycles. The summed E-state index contributed by atoms with van der Waals surface area (Å²) in [6.07, 6.45) is 2.75. The van der Waals surface area contributed by atoms with E-state index in [1.807, 2.05) is 4.57 Å². The number of nitrogens with one attached hydrogen (secondary N) is 2. The lowest BCUT2D eigenvalue weighted by Gasteiger charge is -2.14. The van der Waals surface area contributed by atoms with Gasteiger partial charge >= 0.3 is 0 Å². The Bertz CT molecular complexity index is 444. The summed E-state index contributed by atoms with van der Waals surface area (Å²) in [5.41, 5.74) is 0.366. The van der Waals surface area contributed by atoms with Crippen molar-refractivity contribution >= 4 is 17.8 Å². The fourth-order valence-corrected chi connectivity index (χ4v) is 1.84. The number of amides is 2. The normalized spacial score (nSPS) is 13.4. The molecule has 0 fully saturated rings. The number of rotatable bonds is 3. The standard InChI is InChI=1S/C11H17N5O2/c1-12-9(17)7-15(2)10(18)8-6-16-5-3-4-13-11(16)14-8/h6H,3-5,7H2,1-2H3,(H,12,17)(H,13,14). The third kappa shape index (κ3) is 2.44. The van der Waals surface area contributed by atoms with Crippen molar-refractivity contribution in [1.29, 1.82) is 0 Å². The minimum absolute atomic E-state index is 0.0327. The van der Waals surface area contributed by atoms with Crippen LogP contribution in [0.3, 0.4) is 0 Å². The van der Waals surface area contributed by atoms with Crippen LogP contribution in [0.2, 0.25) is 0 Å². The lowest BCUT2D eigenvalue weighted by molar-refractivity contribution is -0.121. The van der Waals surface area contributed by atoms with E-state index >= 15 is 0 Å². The summed E-state index contributed by atoms with van der Waals surface area (Å²) in [5, 5.41) is 5.61. The SMILES string of the molecule is CNC(=O)CN(C)C(=O)c1cn2c(n1)NCCC2. The average molecular weight is 251 g/mol. The number of fused-ring (bicyclic) bond motifs is 1. The Kier molecular flexibility index (Phi) is 3.50. The van der Waals surface area contributed by atoms with E-state index in [4.69, 9.17) is 0 Å². The van der Waals surface area contributed by atoms with Crippen molar-refractivity contribution in [3.05, 3.63) is 11.9 Å². The molecule has 7 heteroatoms. The van der Waals surface area contributed by atoms with Gasteiger partial charge in [-0.15, -0.1) is 0 Å². The Balaban J connectivity index is 2.08. The van der Waals surface area contributed by atoms with E-state index in [1.165, 1.54) is 4.90 Å². The number of carbonyl (C=O) groups is 2. The minimum Gasteiger partial charge on any atom is -0.358 e. The van der Waals surface area contributed by atoms with Gasteiger partial charge in [0.1, 0.15) is 5.69 Å². The van der Waals surface area contributed by atoms with Crippen molar-refractivity contribution in [2.75, 3.05) is 32.5 Å². The van der Waals surface area contributed by atoms with Crippen LogP contribution in [0.1, 0.15) is 16.9 Å². The van der Waals surface area contributed by atoms with Crippen LogP contribution in [0.5, 0.6) is 0 Å². The van der Waals surface area contributed by atoms with Crippen LogP contribution in [0.15, 0.2) is 6.20 Å². The molecule has 0 aliphatic carbocycles. The number of nitrogens with zero attached hydrogens (tertiary/aromatic N) is 3. The molecule has 7 nitrogen and oxygen atoms in total. The molecule has 2 heterocycles. The Morgan fingerprint density at radius 1 is 1.61 bits per heavy atom. The highest BCUT2D eigenvalue weighted by molar-refractivity contribution is 5.95. The Morgan fingerprint density at radius 2 is 2.39 bits per heavy atom. The first-order chi connectivity index (χ1) is 8.61. The summed E-state index contributed by atoms with van der Waals surface area (Å²) in [6, 6.07) is 0. The Labute approximate surface area is 105 Å². The summed E-state index contributed by atoms with van der Waals surface area (Å²) in [5.74, 6) is 0.271. The molecule has 1 aliphatic heterocycles. The number of likely N-dealkylation sites (N-methyl/N-ethyl adjacent to an activating group) is 2. The van der Waals surface area contributed by atoms with E-state index < -0.39 is 0 Å². The molecule has 2 N–H and O–H groups in total. The largest absolute Gasteiger partial charge is 0.358 e. The minimum atomic E-state index is -0.248. The maximum absolute atomic E-state index is 12.1. The van der Waals surface area contributed by atoms with E-state index in [0.717, 1.165) is 25.5 Å². The second-order valence-corrected chi connectivity index (χ2v) is 4.26. The third-order valence-corrected chi connectivity index (χ3v) is 2.86. The predicted molar refractivity (Wildman–Crippen MR) is 66.4 cm³/mol. The highest BCUT2D eigenvalue weighted by Gasteiger charge is 2.20. The molecule has 98 valence electrons.